The molecule has 14 heavy (non-hydrogen) atoms. The third-order valence-electron chi connectivity index (χ3n) is 2.07. The maximum atomic E-state index is 11.7. The molecule has 0 fully saturated rings. The lowest BCUT2D eigenvalue weighted by Gasteiger charge is -2.09. The number of ketones is 1. The molecule has 2 N–H and O–H groups in total. The Balaban J connectivity index is 2.57. The molecule has 0 saturated carbocycles. The second kappa shape index (κ2) is 5.83. The zero-order valence-corrected chi connectivity index (χ0v) is 8.91. The Hall–Kier alpha value is -0.800. The lowest BCUT2D eigenvalue weighted by atomic mass is 10.0. The molecule has 1 atom stereocenters. The molecule has 76 valence electrons. The Morgan fingerprint density at radius 1 is 1.36 bits per heavy atom. The summed E-state index contributed by atoms with van der Waals surface area (Å²) in [5.41, 5.74) is 6.45. The van der Waals surface area contributed by atoms with Crippen molar-refractivity contribution in [2.45, 2.75) is 18.9 Å². The molecule has 0 saturated heterocycles. The molecule has 0 aliphatic carbocycles. The van der Waals surface area contributed by atoms with Crippen molar-refractivity contribution < 1.29 is 4.79 Å². The number of Topliss-reactive ketones (excluding diaryl/α,β-unsaturated/α-hetero) is 1. The smallest absolute Gasteiger partial charge is 0.179 e. The lowest BCUT2D eigenvalue weighted by Crippen LogP contribution is -2.30. The summed E-state index contributed by atoms with van der Waals surface area (Å²) < 4.78 is 0. The summed E-state index contributed by atoms with van der Waals surface area (Å²) in [7, 11) is 0. The lowest BCUT2D eigenvalue weighted by molar-refractivity contribution is 0.0957. The highest BCUT2D eigenvalue weighted by molar-refractivity contribution is 7.80. The zero-order chi connectivity index (χ0) is 10.4. The molecule has 3 heteroatoms. The van der Waals surface area contributed by atoms with Gasteiger partial charge in [-0.25, -0.2) is 0 Å². The first kappa shape index (κ1) is 11.3. The number of thiol groups is 1. The molecule has 0 bridgehead atoms. The van der Waals surface area contributed by atoms with E-state index < -0.39 is 0 Å². The number of rotatable bonds is 5. The second-order valence-electron chi connectivity index (χ2n) is 3.20. The minimum absolute atomic E-state index is 0.0207. The monoisotopic (exact) mass is 209 g/mol. The predicted molar refractivity (Wildman–Crippen MR) is 61.8 cm³/mol. The van der Waals surface area contributed by atoms with Crippen LogP contribution < -0.4 is 5.73 Å². The van der Waals surface area contributed by atoms with Crippen LogP contribution in [0.1, 0.15) is 23.2 Å². The largest absolute Gasteiger partial charge is 0.321 e. The SMILES string of the molecule is NC(CCCS)C(=O)c1ccccc1. The van der Waals surface area contributed by atoms with Gasteiger partial charge in [0.25, 0.3) is 0 Å². The van der Waals surface area contributed by atoms with Crippen molar-refractivity contribution in [1.82, 2.24) is 0 Å². The number of nitrogens with two attached hydrogens (primary N) is 1. The minimum Gasteiger partial charge on any atom is -0.321 e. The van der Waals surface area contributed by atoms with Crippen molar-refractivity contribution in [2.75, 3.05) is 5.75 Å². The van der Waals surface area contributed by atoms with Gasteiger partial charge in [-0.1, -0.05) is 30.3 Å². The second-order valence-corrected chi connectivity index (χ2v) is 3.65. The van der Waals surface area contributed by atoms with Crippen molar-refractivity contribution in [3.8, 4) is 0 Å². The normalized spacial score (nSPS) is 12.4. The number of carbonyl (C=O) groups is 1. The van der Waals surface area contributed by atoms with Crippen LogP contribution in [-0.2, 0) is 0 Å². The van der Waals surface area contributed by atoms with Crippen LogP contribution in [0.5, 0.6) is 0 Å². The Morgan fingerprint density at radius 2 is 2.00 bits per heavy atom. The summed E-state index contributed by atoms with van der Waals surface area (Å²) in [6.45, 7) is 0. The molecule has 0 aliphatic heterocycles. The van der Waals surface area contributed by atoms with Gasteiger partial charge >= 0.3 is 0 Å². The van der Waals surface area contributed by atoms with Crippen molar-refractivity contribution >= 4 is 18.4 Å². The summed E-state index contributed by atoms with van der Waals surface area (Å²) >= 11 is 4.08. The zero-order valence-electron chi connectivity index (χ0n) is 8.02. The highest BCUT2D eigenvalue weighted by atomic mass is 32.1. The molecule has 0 aliphatic rings. The van der Waals surface area contributed by atoms with Gasteiger partial charge < -0.3 is 5.73 Å². The van der Waals surface area contributed by atoms with Gasteiger partial charge in [-0.15, -0.1) is 0 Å². The van der Waals surface area contributed by atoms with Crippen LogP contribution in [-0.4, -0.2) is 17.6 Å². The fourth-order valence-electron chi connectivity index (χ4n) is 1.26. The van der Waals surface area contributed by atoms with Gasteiger partial charge in [0.15, 0.2) is 5.78 Å². The Bertz CT molecular complexity index is 287. The fraction of sp³-hybridized carbons (Fsp3) is 0.364. The molecule has 0 spiro atoms. The molecular weight excluding hydrogens is 194 g/mol. The van der Waals surface area contributed by atoms with E-state index >= 15 is 0 Å². The van der Waals surface area contributed by atoms with E-state index in [-0.39, 0.29) is 11.8 Å². The van der Waals surface area contributed by atoms with Crippen LogP contribution in [0.4, 0.5) is 0 Å². The van der Waals surface area contributed by atoms with E-state index in [0.717, 1.165) is 12.2 Å². The first-order valence-corrected chi connectivity index (χ1v) is 5.34. The number of carbonyl (C=O) groups excluding carboxylic acids is 1. The molecule has 1 aromatic carbocycles. The van der Waals surface area contributed by atoms with E-state index in [4.69, 9.17) is 5.73 Å². The van der Waals surface area contributed by atoms with Crippen molar-refractivity contribution in [1.29, 1.82) is 0 Å². The summed E-state index contributed by atoms with van der Waals surface area (Å²) in [5.74, 6) is 0.794. The molecule has 0 aromatic heterocycles. The van der Waals surface area contributed by atoms with Gasteiger partial charge in [0.05, 0.1) is 6.04 Å². The van der Waals surface area contributed by atoms with Gasteiger partial charge in [-0.3, -0.25) is 4.79 Å². The number of hydrogen-bond acceptors (Lipinski definition) is 3. The molecule has 1 rings (SSSR count). The molecule has 1 aromatic rings. The third kappa shape index (κ3) is 3.16. The Labute approximate surface area is 89.9 Å². The highest BCUT2D eigenvalue weighted by Gasteiger charge is 2.13. The van der Waals surface area contributed by atoms with E-state index in [1.807, 2.05) is 18.2 Å². The predicted octanol–water partition coefficient (Wildman–Crippen LogP) is 1.91. The summed E-state index contributed by atoms with van der Waals surface area (Å²) in [6.07, 6.45) is 1.58. The molecule has 2 nitrogen and oxygen atoms in total. The minimum atomic E-state index is -0.385. The highest BCUT2D eigenvalue weighted by Crippen LogP contribution is 2.06. The quantitative estimate of drug-likeness (QED) is 0.574. The Morgan fingerprint density at radius 3 is 2.57 bits per heavy atom. The van der Waals surface area contributed by atoms with Crippen molar-refractivity contribution in [2.24, 2.45) is 5.73 Å². The van der Waals surface area contributed by atoms with Gasteiger partial charge in [-0.2, -0.15) is 12.6 Å². The van der Waals surface area contributed by atoms with Crippen molar-refractivity contribution in [3.63, 3.8) is 0 Å². The van der Waals surface area contributed by atoms with Crippen LogP contribution in [0.3, 0.4) is 0 Å². The van der Waals surface area contributed by atoms with E-state index in [2.05, 4.69) is 12.6 Å². The summed E-state index contributed by atoms with van der Waals surface area (Å²) in [4.78, 5) is 11.7. The topological polar surface area (TPSA) is 43.1 Å². The third-order valence-corrected chi connectivity index (χ3v) is 2.38. The Kier molecular flexibility index (Phi) is 4.70. The molecular formula is C11H15NOS. The van der Waals surface area contributed by atoms with Crippen LogP contribution >= 0.6 is 12.6 Å². The average Bonchev–Trinajstić information content (AvgIpc) is 2.26. The molecule has 0 amide bonds. The maximum Gasteiger partial charge on any atom is 0.179 e. The molecule has 0 radical (unpaired) electrons. The maximum absolute atomic E-state index is 11.7. The van der Waals surface area contributed by atoms with Crippen LogP contribution in [0.25, 0.3) is 0 Å². The summed E-state index contributed by atoms with van der Waals surface area (Å²) in [5, 5.41) is 0. The molecule has 1 unspecified atom stereocenters. The van der Waals surface area contributed by atoms with Gasteiger partial charge in [0, 0.05) is 5.56 Å². The van der Waals surface area contributed by atoms with E-state index in [1.165, 1.54) is 0 Å². The van der Waals surface area contributed by atoms with Gasteiger partial charge in [0.2, 0.25) is 0 Å². The van der Waals surface area contributed by atoms with E-state index in [9.17, 15) is 4.79 Å². The summed E-state index contributed by atoms with van der Waals surface area (Å²) in [6, 6.07) is 8.78. The fourth-order valence-corrected chi connectivity index (χ4v) is 1.44. The average molecular weight is 209 g/mol. The molecule has 0 heterocycles. The van der Waals surface area contributed by atoms with Crippen molar-refractivity contribution in [3.05, 3.63) is 35.9 Å². The van der Waals surface area contributed by atoms with Crippen LogP contribution in [0.15, 0.2) is 30.3 Å². The number of benzene rings is 1. The van der Waals surface area contributed by atoms with Gasteiger partial charge in [-0.05, 0) is 18.6 Å². The number of hydrogen-bond donors (Lipinski definition) is 2. The standard InChI is InChI=1S/C11H15NOS/c12-10(7-4-8-14)11(13)9-5-2-1-3-6-9/h1-3,5-6,10,14H,4,7-8,12H2. The van der Waals surface area contributed by atoms with Gasteiger partial charge in [0.1, 0.15) is 0 Å². The van der Waals surface area contributed by atoms with Crippen LogP contribution in [0.2, 0.25) is 0 Å². The van der Waals surface area contributed by atoms with Crippen LogP contribution in [0, 0.1) is 0 Å². The first-order valence-electron chi connectivity index (χ1n) is 4.71. The van der Waals surface area contributed by atoms with E-state index in [0.29, 0.717) is 12.0 Å². The van der Waals surface area contributed by atoms with E-state index in [1.54, 1.807) is 12.1 Å². The first-order chi connectivity index (χ1) is 6.75.